The fraction of sp³-hybridized carbons (Fsp3) is 0.308. The summed E-state index contributed by atoms with van der Waals surface area (Å²) < 4.78 is 5.94. The van der Waals surface area contributed by atoms with Gasteiger partial charge in [0, 0.05) is 17.2 Å². The average molecular weight is 383 g/mol. The van der Waals surface area contributed by atoms with Crippen LogP contribution in [0.2, 0.25) is 0 Å². The van der Waals surface area contributed by atoms with Crippen LogP contribution in [0.5, 0.6) is 5.75 Å². The van der Waals surface area contributed by atoms with Crippen LogP contribution in [0.3, 0.4) is 0 Å². The summed E-state index contributed by atoms with van der Waals surface area (Å²) >= 11 is 0. The molecule has 0 radical (unpaired) electrons. The number of rotatable bonds is 6. The number of carbonyl (C=O) groups excluding carboxylic acids is 1. The topological polar surface area (TPSA) is 39.2 Å². The Morgan fingerprint density at radius 1 is 0.966 bits per heavy atom. The second kappa shape index (κ2) is 7.47. The number of benzene rings is 2. The maximum atomic E-state index is 11.1. The molecule has 0 N–H and O–H groups in total. The van der Waals surface area contributed by atoms with E-state index in [-0.39, 0.29) is 5.41 Å². The lowest BCUT2D eigenvalue weighted by Gasteiger charge is -2.39. The van der Waals surface area contributed by atoms with E-state index < -0.39 is 0 Å². The van der Waals surface area contributed by atoms with E-state index in [1.54, 1.807) is 6.20 Å². The molecule has 2 fully saturated rings. The Bertz CT molecular complexity index is 981. The van der Waals surface area contributed by atoms with E-state index in [2.05, 4.69) is 41.4 Å². The van der Waals surface area contributed by atoms with Crippen LogP contribution in [0.15, 0.2) is 72.9 Å². The minimum absolute atomic E-state index is 0.0594. The van der Waals surface area contributed by atoms with Crippen LogP contribution < -0.4 is 4.74 Å². The van der Waals surface area contributed by atoms with Gasteiger partial charge < -0.3 is 4.74 Å². The Labute approximate surface area is 171 Å². The van der Waals surface area contributed by atoms with Crippen molar-refractivity contribution in [2.45, 2.75) is 37.7 Å². The number of fused-ring (bicyclic) bond motifs is 2. The number of ether oxygens (including phenoxy) is 1. The van der Waals surface area contributed by atoms with Gasteiger partial charge >= 0.3 is 0 Å². The van der Waals surface area contributed by atoms with E-state index >= 15 is 0 Å². The molecule has 1 heterocycles. The summed E-state index contributed by atoms with van der Waals surface area (Å²) in [4.78, 5) is 15.4. The first-order chi connectivity index (χ1) is 14.3. The fourth-order valence-electron chi connectivity index (χ4n) is 5.55. The predicted molar refractivity (Wildman–Crippen MR) is 113 cm³/mol. The first kappa shape index (κ1) is 18.1. The first-order valence-electron chi connectivity index (χ1n) is 10.5. The molecule has 2 aromatic carbocycles. The van der Waals surface area contributed by atoms with Crippen LogP contribution >= 0.6 is 0 Å². The SMILES string of the molecule is O=Cc1ccc([C@]2(c3ccc(OCc4ccccn4)cc3)CC3CCC2C3)cc1. The highest BCUT2D eigenvalue weighted by Gasteiger charge is 2.52. The largest absolute Gasteiger partial charge is 0.487 e. The lowest BCUT2D eigenvalue weighted by Crippen LogP contribution is -2.34. The first-order valence-corrected chi connectivity index (χ1v) is 10.5. The van der Waals surface area contributed by atoms with Crippen LogP contribution in [0.1, 0.15) is 52.9 Å². The van der Waals surface area contributed by atoms with E-state index in [9.17, 15) is 4.79 Å². The quantitative estimate of drug-likeness (QED) is 0.522. The van der Waals surface area contributed by atoms with Gasteiger partial charge in [-0.15, -0.1) is 0 Å². The molecule has 0 spiro atoms. The van der Waals surface area contributed by atoms with Crippen molar-refractivity contribution in [3.8, 4) is 5.75 Å². The Balaban J connectivity index is 1.43. The van der Waals surface area contributed by atoms with Gasteiger partial charge in [0.05, 0.1) is 5.69 Å². The van der Waals surface area contributed by atoms with Crippen molar-refractivity contribution in [3.05, 3.63) is 95.3 Å². The third-order valence-corrected chi connectivity index (χ3v) is 6.89. The summed E-state index contributed by atoms with van der Waals surface area (Å²) in [7, 11) is 0. The van der Waals surface area contributed by atoms with Crippen molar-refractivity contribution in [1.82, 2.24) is 4.98 Å². The Morgan fingerprint density at radius 2 is 1.72 bits per heavy atom. The van der Waals surface area contributed by atoms with Gasteiger partial charge in [0.2, 0.25) is 0 Å². The summed E-state index contributed by atoms with van der Waals surface area (Å²) in [5.41, 5.74) is 4.44. The van der Waals surface area contributed by atoms with Crippen molar-refractivity contribution in [3.63, 3.8) is 0 Å². The zero-order chi connectivity index (χ0) is 19.7. The molecule has 2 aliphatic carbocycles. The fourth-order valence-corrected chi connectivity index (χ4v) is 5.55. The molecule has 0 aliphatic heterocycles. The van der Waals surface area contributed by atoms with Gasteiger partial charge in [-0.1, -0.05) is 48.9 Å². The van der Waals surface area contributed by atoms with E-state index in [1.807, 2.05) is 30.3 Å². The van der Waals surface area contributed by atoms with Crippen LogP contribution in [0.25, 0.3) is 0 Å². The van der Waals surface area contributed by atoms with E-state index in [1.165, 1.54) is 36.8 Å². The molecule has 5 rings (SSSR count). The second-order valence-electron chi connectivity index (χ2n) is 8.43. The summed E-state index contributed by atoms with van der Waals surface area (Å²) in [6.07, 6.45) is 7.86. The van der Waals surface area contributed by atoms with Gasteiger partial charge in [-0.3, -0.25) is 9.78 Å². The standard InChI is InChI=1S/C26H25NO2/c28-17-19-4-7-21(8-5-19)26(16-20-6-9-23(26)15-20)22-10-12-25(13-11-22)29-18-24-3-1-2-14-27-24/h1-5,7-8,10-14,17,20,23H,6,9,15-16,18H2/t20?,23?,26-/m0/s1. The maximum absolute atomic E-state index is 11.1. The number of hydrogen-bond donors (Lipinski definition) is 0. The number of aromatic nitrogens is 1. The minimum atomic E-state index is 0.0594. The molecule has 2 aliphatic rings. The van der Waals surface area contributed by atoms with Crippen molar-refractivity contribution < 1.29 is 9.53 Å². The molecule has 3 atom stereocenters. The number of hydrogen-bond acceptors (Lipinski definition) is 3. The highest BCUT2D eigenvalue weighted by Crippen LogP contribution is 2.60. The maximum Gasteiger partial charge on any atom is 0.150 e. The molecule has 2 bridgehead atoms. The third kappa shape index (κ3) is 3.25. The molecule has 2 unspecified atom stereocenters. The third-order valence-electron chi connectivity index (χ3n) is 6.89. The summed E-state index contributed by atoms with van der Waals surface area (Å²) in [6, 6.07) is 22.8. The number of pyridine rings is 1. The van der Waals surface area contributed by atoms with E-state index in [0.29, 0.717) is 12.5 Å². The van der Waals surface area contributed by atoms with Crippen molar-refractivity contribution >= 4 is 6.29 Å². The Kier molecular flexibility index (Phi) is 4.67. The van der Waals surface area contributed by atoms with Gasteiger partial charge in [0.25, 0.3) is 0 Å². The minimum Gasteiger partial charge on any atom is -0.487 e. The van der Waals surface area contributed by atoms with Crippen molar-refractivity contribution in [1.29, 1.82) is 0 Å². The van der Waals surface area contributed by atoms with E-state index in [4.69, 9.17) is 4.74 Å². The van der Waals surface area contributed by atoms with E-state index in [0.717, 1.165) is 29.2 Å². The zero-order valence-electron chi connectivity index (χ0n) is 16.5. The smallest absolute Gasteiger partial charge is 0.150 e. The monoisotopic (exact) mass is 383 g/mol. The number of nitrogens with zero attached hydrogens (tertiary/aromatic N) is 1. The molecule has 146 valence electrons. The summed E-state index contributed by atoms with van der Waals surface area (Å²) in [6.45, 7) is 0.475. The molecule has 3 heteroatoms. The van der Waals surface area contributed by atoms with Gasteiger partial charge in [0.15, 0.2) is 0 Å². The lowest BCUT2D eigenvalue weighted by atomic mass is 9.64. The number of aldehydes is 1. The molecule has 0 amide bonds. The molecule has 2 saturated carbocycles. The molecule has 3 nitrogen and oxygen atoms in total. The molecule has 3 aromatic rings. The normalized spacial score (nSPS) is 25.1. The highest BCUT2D eigenvalue weighted by molar-refractivity contribution is 5.74. The second-order valence-corrected chi connectivity index (χ2v) is 8.43. The number of carbonyl (C=O) groups is 1. The Morgan fingerprint density at radius 3 is 2.31 bits per heavy atom. The molecule has 1 aromatic heterocycles. The van der Waals surface area contributed by atoms with Crippen molar-refractivity contribution in [2.24, 2.45) is 11.8 Å². The van der Waals surface area contributed by atoms with Crippen LogP contribution in [-0.4, -0.2) is 11.3 Å². The van der Waals surface area contributed by atoms with Gasteiger partial charge in [-0.2, -0.15) is 0 Å². The lowest BCUT2D eigenvalue weighted by molar-refractivity contribution is 0.112. The van der Waals surface area contributed by atoms with Crippen LogP contribution in [0, 0.1) is 11.8 Å². The van der Waals surface area contributed by atoms with Crippen molar-refractivity contribution in [2.75, 3.05) is 0 Å². The molecular weight excluding hydrogens is 358 g/mol. The van der Waals surface area contributed by atoms with Gasteiger partial charge in [-0.05, 0) is 66.5 Å². The summed E-state index contributed by atoms with van der Waals surface area (Å²) in [5.74, 6) is 2.36. The van der Waals surface area contributed by atoms with Gasteiger partial charge in [-0.25, -0.2) is 0 Å². The Hall–Kier alpha value is -2.94. The molecular formula is C26H25NO2. The average Bonchev–Trinajstić information content (AvgIpc) is 3.41. The van der Waals surface area contributed by atoms with Gasteiger partial charge in [0.1, 0.15) is 18.6 Å². The zero-order valence-corrected chi connectivity index (χ0v) is 16.5. The predicted octanol–water partition coefficient (Wildman–Crippen LogP) is 5.58. The highest BCUT2D eigenvalue weighted by atomic mass is 16.5. The molecule has 0 saturated heterocycles. The van der Waals surface area contributed by atoms with Crippen LogP contribution in [-0.2, 0) is 12.0 Å². The van der Waals surface area contributed by atoms with Crippen LogP contribution in [0.4, 0.5) is 0 Å². The summed E-state index contributed by atoms with van der Waals surface area (Å²) in [5, 5.41) is 0. The molecule has 29 heavy (non-hydrogen) atoms.